The second kappa shape index (κ2) is 13.1. The summed E-state index contributed by atoms with van der Waals surface area (Å²) in [5.74, 6) is -0.460. The molecule has 2 aromatic carbocycles. The first-order valence-corrected chi connectivity index (χ1v) is 12.8. The number of thiocarbonyl (C=S) groups is 1. The van der Waals surface area contributed by atoms with Gasteiger partial charge in [0.05, 0.1) is 9.79 Å². The SMILES string of the molecule is CC(=O)Nc1ccc(/C=C/c2ccc(NC(=S)NC3CC3)cc2S(=O)(=O)[O-])c(S(=O)(=O)[O-])c1.[Na+].[Na+]. The van der Waals surface area contributed by atoms with Crippen LogP contribution < -0.4 is 75.1 Å². The van der Waals surface area contributed by atoms with Gasteiger partial charge in [-0.3, -0.25) is 4.79 Å². The van der Waals surface area contributed by atoms with Crippen LogP contribution in [-0.4, -0.2) is 43.0 Å². The van der Waals surface area contributed by atoms with Gasteiger partial charge < -0.3 is 25.1 Å². The quantitative estimate of drug-likeness (QED) is 0.133. The fourth-order valence-corrected chi connectivity index (χ4v) is 4.57. The van der Waals surface area contributed by atoms with Crippen LogP contribution in [0.15, 0.2) is 46.2 Å². The molecule has 0 radical (unpaired) electrons. The van der Waals surface area contributed by atoms with Crippen molar-refractivity contribution in [1.82, 2.24) is 5.32 Å². The molecule has 3 rings (SSSR count). The summed E-state index contributed by atoms with van der Waals surface area (Å²) in [5, 5.41) is 8.51. The average Bonchev–Trinajstić information content (AvgIpc) is 3.49. The van der Waals surface area contributed by atoms with E-state index >= 15 is 0 Å². The van der Waals surface area contributed by atoms with E-state index in [1.165, 1.54) is 43.3 Å². The number of rotatable bonds is 7. The van der Waals surface area contributed by atoms with Crippen LogP contribution in [0.4, 0.5) is 11.4 Å². The Labute approximate surface area is 253 Å². The number of anilines is 2. The van der Waals surface area contributed by atoms with Gasteiger partial charge in [0.25, 0.3) is 0 Å². The summed E-state index contributed by atoms with van der Waals surface area (Å²) < 4.78 is 70.5. The van der Waals surface area contributed by atoms with Crippen molar-refractivity contribution in [2.75, 3.05) is 10.6 Å². The van der Waals surface area contributed by atoms with E-state index in [0.29, 0.717) is 5.11 Å². The molecular formula is C20H19N3Na2O7S3. The molecule has 1 saturated carbocycles. The molecule has 176 valence electrons. The Hall–Kier alpha value is -0.840. The fourth-order valence-electron chi connectivity index (χ4n) is 2.90. The van der Waals surface area contributed by atoms with Crippen LogP contribution in [0.2, 0.25) is 0 Å². The topological polar surface area (TPSA) is 168 Å². The molecule has 1 aliphatic rings. The van der Waals surface area contributed by atoms with Crippen LogP contribution in [0, 0.1) is 0 Å². The summed E-state index contributed by atoms with van der Waals surface area (Å²) in [6, 6.07) is 7.89. The summed E-state index contributed by atoms with van der Waals surface area (Å²) in [6.45, 7) is 1.22. The number of carbonyl (C=O) groups is 1. The van der Waals surface area contributed by atoms with Crippen molar-refractivity contribution in [2.45, 2.75) is 35.6 Å². The van der Waals surface area contributed by atoms with Gasteiger partial charge in [0.1, 0.15) is 20.2 Å². The van der Waals surface area contributed by atoms with Crippen molar-refractivity contribution in [3.8, 4) is 0 Å². The molecule has 0 aromatic heterocycles. The largest absolute Gasteiger partial charge is 1.00 e. The van der Waals surface area contributed by atoms with E-state index in [1.807, 2.05) is 0 Å². The van der Waals surface area contributed by atoms with Crippen molar-refractivity contribution in [3.05, 3.63) is 47.5 Å². The maximum Gasteiger partial charge on any atom is 1.00 e. The monoisotopic (exact) mass is 555 g/mol. The zero-order valence-corrected chi connectivity index (χ0v) is 25.6. The number of carbonyl (C=O) groups excluding carboxylic acids is 1. The van der Waals surface area contributed by atoms with Crippen molar-refractivity contribution < 1.29 is 89.9 Å². The molecule has 1 fully saturated rings. The fraction of sp³-hybridized carbons (Fsp3) is 0.200. The minimum Gasteiger partial charge on any atom is -0.744 e. The Morgan fingerprint density at radius 3 is 1.69 bits per heavy atom. The van der Waals surface area contributed by atoms with Crippen LogP contribution in [0.3, 0.4) is 0 Å². The average molecular weight is 556 g/mol. The van der Waals surface area contributed by atoms with Gasteiger partial charge in [-0.2, -0.15) is 0 Å². The van der Waals surface area contributed by atoms with Gasteiger partial charge in [-0.05, 0) is 60.5 Å². The first-order chi connectivity index (χ1) is 15.3. The Kier molecular flexibility index (Phi) is 12.1. The van der Waals surface area contributed by atoms with Crippen LogP contribution >= 0.6 is 12.2 Å². The normalized spacial score (nSPS) is 13.3. The Balaban J connectivity index is 0.00000306. The maximum absolute atomic E-state index is 11.8. The van der Waals surface area contributed by atoms with E-state index in [1.54, 1.807) is 0 Å². The van der Waals surface area contributed by atoms with E-state index in [4.69, 9.17) is 12.2 Å². The second-order valence-electron chi connectivity index (χ2n) is 7.30. The van der Waals surface area contributed by atoms with Gasteiger partial charge in [-0.25, -0.2) is 16.8 Å². The Morgan fingerprint density at radius 1 is 0.886 bits per heavy atom. The molecule has 1 aliphatic carbocycles. The van der Waals surface area contributed by atoms with Crippen LogP contribution in [0.25, 0.3) is 12.2 Å². The van der Waals surface area contributed by atoms with Crippen molar-refractivity contribution in [1.29, 1.82) is 0 Å². The molecule has 1 amide bonds. The Bertz CT molecular complexity index is 1360. The number of hydrogen-bond donors (Lipinski definition) is 3. The smallest absolute Gasteiger partial charge is 0.744 e. The minimum absolute atomic E-state index is 0. The van der Waals surface area contributed by atoms with Gasteiger partial charge in [0.15, 0.2) is 5.11 Å². The second-order valence-corrected chi connectivity index (χ2v) is 10.4. The number of hydrogen-bond acceptors (Lipinski definition) is 8. The molecule has 2 aromatic rings. The third-order valence-corrected chi connectivity index (χ3v) is 6.50. The predicted molar refractivity (Wildman–Crippen MR) is 124 cm³/mol. The summed E-state index contributed by atoms with van der Waals surface area (Å²) in [5.41, 5.74) is 0.312. The van der Waals surface area contributed by atoms with Gasteiger partial charge in [0.2, 0.25) is 5.91 Å². The standard InChI is InChI=1S/C20H21N3O7S3.2Na/c1-12(24)21-16-6-4-13(18(10-16)32(25,26)27)2-3-14-5-7-17(11-19(14)33(28,29)30)23-20(31)22-15-8-9-15;;/h2-7,10-11,15H,8-9H2,1H3,(H,21,24)(H2,22,23,31)(H,25,26,27)(H,28,29,30);;/q;2*+1/p-2/b3-2+;;. The minimum atomic E-state index is -4.92. The third kappa shape index (κ3) is 9.85. The van der Waals surface area contributed by atoms with Crippen LogP contribution in [-0.2, 0) is 25.0 Å². The number of amides is 1. The predicted octanol–water partition coefficient (Wildman–Crippen LogP) is -3.92. The first-order valence-electron chi connectivity index (χ1n) is 9.56. The molecular weight excluding hydrogens is 536 g/mol. The molecule has 0 saturated heterocycles. The summed E-state index contributed by atoms with van der Waals surface area (Å²) in [6.07, 6.45) is 4.37. The molecule has 35 heavy (non-hydrogen) atoms. The van der Waals surface area contributed by atoms with Crippen LogP contribution in [0.1, 0.15) is 30.9 Å². The molecule has 10 nitrogen and oxygen atoms in total. The molecule has 0 spiro atoms. The Morgan fingerprint density at radius 2 is 1.31 bits per heavy atom. The molecule has 0 aliphatic heterocycles. The summed E-state index contributed by atoms with van der Waals surface area (Å²) in [7, 11) is -9.82. The first kappa shape index (κ1) is 32.2. The van der Waals surface area contributed by atoms with Crippen LogP contribution in [0.5, 0.6) is 0 Å². The van der Waals surface area contributed by atoms with E-state index in [2.05, 4.69) is 16.0 Å². The zero-order chi connectivity index (χ0) is 24.4. The van der Waals surface area contributed by atoms with Gasteiger partial charge in [-0.1, -0.05) is 24.3 Å². The summed E-state index contributed by atoms with van der Waals surface area (Å²) in [4.78, 5) is 10.0. The maximum atomic E-state index is 11.8. The van der Waals surface area contributed by atoms with Gasteiger partial charge in [-0.15, -0.1) is 0 Å². The van der Waals surface area contributed by atoms with E-state index in [9.17, 15) is 30.7 Å². The van der Waals surface area contributed by atoms with Crippen molar-refractivity contribution in [3.63, 3.8) is 0 Å². The van der Waals surface area contributed by atoms with Gasteiger partial charge >= 0.3 is 59.1 Å². The summed E-state index contributed by atoms with van der Waals surface area (Å²) >= 11 is 5.15. The number of nitrogens with one attached hydrogen (secondary N) is 3. The van der Waals surface area contributed by atoms with E-state index < -0.39 is 35.9 Å². The molecule has 0 heterocycles. The molecule has 0 unspecified atom stereocenters. The van der Waals surface area contributed by atoms with Crippen molar-refractivity contribution >= 4 is 67.0 Å². The van der Waals surface area contributed by atoms with E-state index in [0.717, 1.165) is 25.0 Å². The molecule has 15 heteroatoms. The third-order valence-electron chi connectivity index (χ3n) is 4.50. The number of benzene rings is 2. The van der Waals surface area contributed by atoms with E-state index in [-0.39, 0.29) is 87.7 Å². The van der Waals surface area contributed by atoms with Gasteiger partial charge in [0, 0.05) is 24.3 Å². The molecule has 3 N–H and O–H groups in total. The molecule has 0 bridgehead atoms. The molecule has 0 atom stereocenters. The van der Waals surface area contributed by atoms with Crippen molar-refractivity contribution in [2.24, 2.45) is 0 Å². The zero-order valence-electron chi connectivity index (χ0n) is 19.2.